The third-order valence-corrected chi connectivity index (χ3v) is 3.82. The van der Waals surface area contributed by atoms with Crippen LogP contribution < -0.4 is 5.32 Å². The summed E-state index contributed by atoms with van der Waals surface area (Å²) in [6.45, 7) is 3.81. The van der Waals surface area contributed by atoms with Crippen molar-refractivity contribution in [2.75, 3.05) is 6.54 Å². The van der Waals surface area contributed by atoms with Gasteiger partial charge in [-0.25, -0.2) is 9.59 Å². The summed E-state index contributed by atoms with van der Waals surface area (Å²) in [4.78, 5) is 25.0. The normalized spacial score (nSPS) is 23.6. The van der Waals surface area contributed by atoms with Crippen LogP contribution in [0.4, 0.5) is 4.79 Å². The molecule has 0 aliphatic carbocycles. The topological polar surface area (TPSA) is 100 Å². The van der Waals surface area contributed by atoms with Crippen LogP contribution in [0.1, 0.15) is 38.6 Å². The molecule has 1 aromatic heterocycles. The fraction of sp³-hybridized carbons (Fsp3) is 0.667. The lowest BCUT2D eigenvalue weighted by molar-refractivity contribution is -0.147. The van der Waals surface area contributed by atoms with Crippen LogP contribution in [0.15, 0.2) is 6.33 Å². The SMILES string of the molecule is CC(NC(=O)N1CCCC1(C)C(=O)O)c1nncn1C. The van der Waals surface area contributed by atoms with Crippen molar-refractivity contribution in [2.45, 2.75) is 38.3 Å². The molecule has 2 amide bonds. The molecule has 1 aromatic rings. The Hall–Kier alpha value is -2.12. The van der Waals surface area contributed by atoms with E-state index in [0.717, 1.165) is 0 Å². The van der Waals surface area contributed by atoms with Crippen LogP contribution >= 0.6 is 0 Å². The molecule has 1 aliphatic heterocycles. The monoisotopic (exact) mass is 281 g/mol. The summed E-state index contributed by atoms with van der Waals surface area (Å²) in [7, 11) is 1.79. The number of aliphatic carboxylic acids is 1. The molecule has 0 radical (unpaired) electrons. The van der Waals surface area contributed by atoms with Crippen molar-refractivity contribution in [1.82, 2.24) is 25.0 Å². The standard InChI is InChI=1S/C12H19N5O3/c1-8(9-15-13-7-16(9)3)14-11(20)17-6-4-5-12(17,2)10(18)19/h7-8H,4-6H2,1-3H3,(H,14,20)(H,18,19). The lowest BCUT2D eigenvalue weighted by Gasteiger charge is -2.32. The van der Waals surface area contributed by atoms with Gasteiger partial charge < -0.3 is 19.9 Å². The van der Waals surface area contributed by atoms with Gasteiger partial charge in [-0.05, 0) is 26.7 Å². The number of urea groups is 1. The minimum atomic E-state index is -1.14. The maximum Gasteiger partial charge on any atom is 0.329 e. The minimum absolute atomic E-state index is 0.339. The number of aryl methyl sites for hydroxylation is 1. The molecule has 8 nitrogen and oxygen atoms in total. The summed E-state index contributed by atoms with van der Waals surface area (Å²) < 4.78 is 1.71. The van der Waals surface area contributed by atoms with Gasteiger partial charge >= 0.3 is 12.0 Å². The molecule has 2 N–H and O–H groups in total. The van der Waals surface area contributed by atoms with Gasteiger partial charge in [0.2, 0.25) is 0 Å². The van der Waals surface area contributed by atoms with E-state index >= 15 is 0 Å². The molecular weight excluding hydrogens is 262 g/mol. The van der Waals surface area contributed by atoms with Gasteiger partial charge in [-0.3, -0.25) is 0 Å². The minimum Gasteiger partial charge on any atom is -0.480 e. The van der Waals surface area contributed by atoms with Gasteiger partial charge in [0.05, 0.1) is 6.04 Å². The zero-order valence-corrected chi connectivity index (χ0v) is 11.8. The maximum atomic E-state index is 12.3. The van der Waals surface area contributed by atoms with E-state index in [-0.39, 0.29) is 12.1 Å². The molecule has 2 unspecified atom stereocenters. The third kappa shape index (κ3) is 2.33. The zero-order valence-electron chi connectivity index (χ0n) is 11.8. The van der Waals surface area contributed by atoms with Crippen molar-refractivity contribution in [2.24, 2.45) is 7.05 Å². The second-order valence-corrected chi connectivity index (χ2v) is 5.31. The quantitative estimate of drug-likeness (QED) is 0.841. The Bertz CT molecular complexity index is 529. The summed E-state index contributed by atoms with van der Waals surface area (Å²) in [5.74, 6) is -0.356. The smallest absolute Gasteiger partial charge is 0.329 e. The van der Waals surface area contributed by atoms with Gasteiger partial charge in [-0.2, -0.15) is 0 Å². The number of hydrogen-bond acceptors (Lipinski definition) is 4. The average Bonchev–Trinajstić information content (AvgIpc) is 2.96. The zero-order chi connectivity index (χ0) is 14.9. The highest BCUT2D eigenvalue weighted by molar-refractivity contribution is 5.86. The van der Waals surface area contributed by atoms with Crippen molar-refractivity contribution >= 4 is 12.0 Å². The van der Waals surface area contributed by atoms with Crippen molar-refractivity contribution in [3.63, 3.8) is 0 Å². The van der Waals surface area contributed by atoms with E-state index in [9.17, 15) is 14.7 Å². The van der Waals surface area contributed by atoms with E-state index in [1.54, 1.807) is 31.8 Å². The second kappa shape index (κ2) is 5.10. The largest absolute Gasteiger partial charge is 0.480 e. The molecule has 1 fully saturated rings. The Balaban J connectivity index is 2.09. The van der Waals surface area contributed by atoms with Gasteiger partial charge in [0.25, 0.3) is 0 Å². The average molecular weight is 281 g/mol. The molecule has 1 aliphatic rings. The molecular formula is C12H19N5O3. The molecule has 1 saturated heterocycles. The molecule has 110 valence electrons. The van der Waals surface area contributed by atoms with Gasteiger partial charge in [0.15, 0.2) is 5.82 Å². The highest BCUT2D eigenvalue weighted by atomic mass is 16.4. The molecule has 0 saturated carbocycles. The molecule has 2 rings (SSSR count). The van der Waals surface area contributed by atoms with Gasteiger partial charge in [-0.15, -0.1) is 10.2 Å². The van der Waals surface area contributed by atoms with Gasteiger partial charge in [0, 0.05) is 13.6 Å². The van der Waals surface area contributed by atoms with Crippen molar-refractivity contribution in [1.29, 1.82) is 0 Å². The van der Waals surface area contributed by atoms with Gasteiger partial charge in [-0.1, -0.05) is 0 Å². The van der Waals surface area contributed by atoms with Gasteiger partial charge in [0.1, 0.15) is 11.9 Å². The van der Waals surface area contributed by atoms with E-state index in [4.69, 9.17) is 0 Å². The lowest BCUT2D eigenvalue weighted by Crippen LogP contribution is -2.54. The van der Waals surface area contributed by atoms with Crippen LogP contribution in [0.5, 0.6) is 0 Å². The van der Waals surface area contributed by atoms with Crippen LogP contribution in [0.2, 0.25) is 0 Å². The first-order valence-corrected chi connectivity index (χ1v) is 6.51. The Kier molecular flexibility index (Phi) is 3.65. The number of nitrogens with one attached hydrogen (secondary N) is 1. The molecule has 2 heterocycles. The van der Waals surface area contributed by atoms with Crippen LogP contribution in [0.25, 0.3) is 0 Å². The number of carbonyl (C=O) groups is 2. The molecule has 20 heavy (non-hydrogen) atoms. The number of aromatic nitrogens is 3. The second-order valence-electron chi connectivity index (χ2n) is 5.31. The van der Waals surface area contributed by atoms with Crippen LogP contribution in [0, 0.1) is 0 Å². The first-order chi connectivity index (χ1) is 9.36. The molecule has 0 spiro atoms. The first-order valence-electron chi connectivity index (χ1n) is 6.51. The number of carboxylic acids is 1. The summed E-state index contributed by atoms with van der Waals surface area (Å²) in [6.07, 6.45) is 2.71. The Morgan fingerprint density at radius 1 is 1.55 bits per heavy atom. The van der Waals surface area contributed by atoms with E-state index in [0.29, 0.717) is 25.2 Å². The molecule has 2 atom stereocenters. The maximum absolute atomic E-state index is 12.3. The Morgan fingerprint density at radius 2 is 2.25 bits per heavy atom. The number of amides is 2. The Labute approximate surface area is 116 Å². The van der Waals surface area contributed by atoms with E-state index < -0.39 is 11.5 Å². The van der Waals surface area contributed by atoms with Crippen molar-refractivity contribution in [3.05, 3.63) is 12.2 Å². The van der Waals surface area contributed by atoms with Crippen LogP contribution in [0.3, 0.4) is 0 Å². The number of hydrogen-bond donors (Lipinski definition) is 2. The number of nitrogens with zero attached hydrogens (tertiary/aromatic N) is 4. The van der Waals surface area contributed by atoms with Crippen LogP contribution in [-0.4, -0.2) is 48.9 Å². The summed E-state index contributed by atoms with van der Waals surface area (Å²) in [5.41, 5.74) is -1.14. The Morgan fingerprint density at radius 3 is 2.80 bits per heavy atom. The molecule has 0 bridgehead atoms. The van der Waals surface area contributed by atoms with E-state index in [2.05, 4.69) is 15.5 Å². The van der Waals surface area contributed by atoms with Crippen LogP contribution in [-0.2, 0) is 11.8 Å². The fourth-order valence-corrected chi connectivity index (χ4v) is 2.52. The van der Waals surface area contributed by atoms with E-state index in [1.165, 1.54) is 4.90 Å². The third-order valence-electron chi connectivity index (χ3n) is 3.82. The van der Waals surface area contributed by atoms with Crippen molar-refractivity contribution < 1.29 is 14.7 Å². The number of carbonyl (C=O) groups excluding carboxylic acids is 1. The summed E-state index contributed by atoms with van der Waals surface area (Å²) in [5, 5.41) is 19.8. The number of rotatable bonds is 3. The number of likely N-dealkylation sites (tertiary alicyclic amines) is 1. The highest BCUT2D eigenvalue weighted by Gasteiger charge is 2.46. The summed E-state index contributed by atoms with van der Waals surface area (Å²) >= 11 is 0. The predicted molar refractivity (Wildman–Crippen MR) is 69.9 cm³/mol. The fourth-order valence-electron chi connectivity index (χ4n) is 2.52. The molecule has 8 heteroatoms. The first kappa shape index (κ1) is 14.3. The van der Waals surface area contributed by atoms with E-state index in [1.807, 2.05) is 0 Å². The van der Waals surface area contributed by atoms with Crippen molar-refractivity contribution in [3.8, 4) is 0 Å². The lowest BCUT2D eigenvalue weighted by atomic mass is 10.00. The predicted octanol–water partition coefficient (Wildman–Crippen LogP) is 0.525. The molecule has 0 aromatic carbocycles. The number of carboxylic acid groups (broad SMARTS) is 1. The summed E-state index contributed by atoms with van der Waals surface area (Å²) in [6, 6.07) is -0.725. The highest BCUT2D eigenvalue weighted by Crippen LogP contribution is 2.29.